The van der Waals surface area contributed by atoms with E-state index in [0.717, 1.165) is 16.5 Å². The maximum atomic E-state index is 5.46. The molecule has 1 saturated carbocycles. The predicted molar refractivity (Wildman–Crippen MR) is 75.7 cm³/mol. The van der Waals surface area contributed by atoms with Gasteiger partial charge >= 0.3 is 0 Å². The number of hydrogen-bond donors (Lipinski definition) is 1. The summed E-state index contributed by atoms with van der Waals surface area (Å²) in [5, 5.41) is 12.1. The maximum absolute atomic E-state index is 5.46. The van der Waals surface area contributed by atoms with Crippen LogP contribution in [0.3, 0.4) is 0 Å². The Labute approximate surface area is 121 Å². The monoisotopic (exact) mass is 284 g/mol. The lowest BCUT2D eigenvalue weighted by molar-refractivity contribution is 0.0561. The van der Waals surface area contributed by atoms with Gasteiger partial charge in [0.1, 0.15) is 6.10 Å². The average molecular weight is 284 g/mol. The van der Waals surface area contributed by atoms with Gasteiger partial charge < -0.3 is 9.26 Å². The fourth-order valence-electron chi connectivity index (χ4n) is 2.63. The van der Waals surface area contributed by atoms with Gasteiger partial charge in [-0.25, -0.2) is 0 Å². The first kappa shape index (κ1) is 12.5. The first-order chi connectivity index (χ1) is 10.3. The van der Waals surface area contributed by atoms with E-state index in [9.17, 15) is 0 Å². The van der Waals surface area contributed by atoms with E-state index in [2.05, 4.69) is 26.4 Å². The molecule has 2 heterocycles. The van der Waals surface area contributed by atoms with Gasteiger partial charge in [0.05, 0.1) is 11.7 Å². The highest BCUT2D eigenvalue weighted by Gasteiger charge is 2.36. The molecule has 3 aromatic rings. The fraction of sp³-hybridized carbons (Fsp3) is 0.400. The summed E-state index contributed by atoms with van der Waals surface area (Å²) in [6.07, 6.45) is 4.75. The van der Waals surface area contributed by atoms with Crippen molar-refractivity contribution in [3.63, 3.8) is 0 Å². The Kier molecular flexibility index (Phi) is 2.96. The molecule has 108 valence electrons. The third-order valence-corrected chi connectivity index (χ3v) is 3.90. The molecule has 1 N–H and O–H groups in total. The zero-order chi connectivity index (χ0) is 14.2. The predicted octanol–water partition coefficient (Wildman–Crippen LogP) is 2.63. The highest BCUT2D eigenvalue weighted by atomic mass is 16.5. The number of aromatic nitrogens is 4. The van der Waals surface area contributed by atoms with Crippen molar-refractivity contribution in [1.82, 2.24) is 20.3 Å². The van der Waals surface area contributed by atoms with Crippen LogP contribution in [0.25, 0.3) is 10.9 Å². The van der Waals surface area contributed by atoms with E-state index in [1.807, 2.05) is 18.3 Å². The standard InChI is InChI=1S/C15H16N4O2/c1-20-14(10-3-4-10)15-17-13(19-21-15)7-9-2-5-12-11(6-9)8-16-18-12/h2,5-6,8,10,14H,3-4,7H2,1H3,(H,16,18)/t14-/m0/s1. The second-order valence-electron chi connectivity index (χ2n) is 5.51. The van der Waals surface area contributed by atoms with Gasteiger partial charge in [0.2, 0.25) is 0 Å². The molecule has 1 aliphatic rings. The highest BCUT2D eigenvalue weighted by molar-refractivity contribution is 5.78. The quantitative estimate of drug-likeness (QED) is 0.779. The van der Waals surface area contributed by atoms with Crippen LogP contribution < -0.4 is 0 Å². The third-order valence-electron chi connectivity index (χ3n) is 3.90. The van der Waals surface area contributed by atoms with Gasteiger partial charge in [-0.2, -0.15) is 10.1 Å². The molecule has 1 fully saturated rings. The molecule has 2 aromatic heterocycles. The summed E-state index contributed by atoms with van der Waals surface area (Å²) in [4.78, 5) is 4.48. The summed E-state index contributed by atoms with van der Waals surface area (Å²) in [5.41, 5.74) is 2.16. The van der Waals surface area contributed by atoms with Crippen LogP contribution in [0.4, 0.5) is 0 Å². The molecule has 6 heteroatoms. The molecular formula is C15H16N4O2. The molecule has 0 unspecified atom stereocenters. The van der Waals surface area contributed by atoms with Crippen LogP contribution in [0.1, 0.15) is 36.2 Å². The van der Waals surface area contributed by atoms with Crippen molar-refractivity contribution < 1.29 is 9.26 Å². The van der Waals surface area contributed by atoms with Crippen LogP contribution in [0.5, 0.6) is 0 Å². The SMILES string of the molecule is CO[C@H](c1nc(Cc2ccc3[nH]ncc3c2)no1)C1CC1. The Morgan fingerprint density at radius 1 is 1.43 bits per heavy atom. The van der Waals surface area contributed by atoms with Crippen LogP contribution in [-0.2, 0) is 11.2 Å². The molecule has 4 rings (SSSR count). The number of nitrogens with one attached hydrogen (secondary N) is 1. The van der Waals surface area contributed by atoms with Crippen molar-refractivity contribution >= 4 is 10.9 Å². The minimum absolute atomic E-state index is 0.0531. The van der Waals surface area contributed by atoms with Crippen molar-refractivity contribution in [1.29, 1.82) is 0 Å². The molecule has 0 bridgehead atoms. The lowest BCUT2D eigenvalue weighted by atomic mass is 10.1. The number of methoxy groups -OCH3 is 1. The first-order valence-corrected chi connectivity index (χ1v) is 7.11. The van der Waals surface area contributed by atoms with Gasteiger partial charge in [0.25, 0.3) is 5.89 Å². The number of ether oxygens (including phenoxy) is 1. The smallest absolute Gasteiger partial charge is 0.256 e. The van der Waals surface area contributed by atoms with Gasteiger partial charge in [-0.05, 0) is 36.5 Å². The number of rotatable bonds is 5. The van der Waals surface area contributed by atoms with Gasteiger partial charge in [0.15, 0.2) is 5.82 Å². The maximum Gasteiger partial charge on any atom is 0.256 e. The van der Waals surface area contributed by atoms with E-state index in [1.54, 1.807) is 7.11 Å². The molecule has 6 nitrogen and oxygen atoms in total. The Morgan fingerprint density at radius 3 is 3.14 bits per heavy atom. The Bertz CT molecular complexity index is 760. The minimum atomic E-state index is -0.0531. The van der Waals surface area contributed by atoms with Crippen molar-refractivity contribution in [2.75, 3.05) is 7.11 Å². The van der Waals surface area contributed by atoms with E-state index in [-0.39, 0.29) is 6.10 Å². The molecule has 0 saturated heterocycles. The fourth-order valence-corrected chi connectivity index (χ4v) is 2.63. The molecule has 0 radical (unpaired) electrons. The summed E-state index contributed by atoms with van der Waals surface area (Å²) in [7, 11) is 1.69. The molecule has 0 aliphatic heterocycles. The first-order valence-electron chi connectivity index (χ1n) is 7.11. The topological polar surface area (TPSA) is 76.8 Å². The summed E-state index contributed by atoms with van der Waals surface area (Å²) < 4.78 is 10.8. The van der Waals surface area contributed by atoms with Gasteiger partial charge in [0, 0.05) is 18.9 Å². The van der Waals surface area contributed by atoms with E-state index < -0.39 is 0 Å². The lowest BCUT2D eigenvalue weighted by Gasteiger charge is -2.07. The second kappa shape index (κ2) is 4.96. The summed E-state index contributed by atoms with van der Waals surface area (Å²) in [6.45, 7) is 0. The average Bonchev–Trinajstić information content (AvgIpc) is 3.04. The van der Waals surface area contributed by atoms with Gasteiger partial charge in [-0.1, -0.05) is 11.2 Å². The second-order valence-corrected chi connectivity index (χ2v) is 5.51. The van der Waals surface area contributed by atoms with E-state index in [4.69, 9.17) is 9.26 Å². The van der Waals surface area contributed by atoms with Gasteiger partial charge in [-0.15, -0.1) is 0 Å². The van der Waals surface area contributed by atoms with Gasteiger partial charge in [-0.3, -0.25) is 5.10 Å². The van der Waals surface area contributed by atoms with Crippen LogP contribution in [0.2, 0.25) is 0 Å². The highest BCUT2D eigenvalue weighted by Crippen LogP contribution is 2.42. The molecular weight excluding hydrogens is 268 g/mol. The van der Waals surface area contributed by atoms with Crippen molar-refractivity contribution in [2.45, 2.75) is 25.4 Å². The Hall–Kier alpha value is -2.21. The molecule has 1 aliphatic carbocycles. The molecule has 0 amide bonds. The zero-order valence-corrected chi connectivity index (χ0v) is 11.7. The van der Waals surface area contributed by atoms with E-state index in [0.29, 0.717) is 24.1 Å². The normalized spacial score (nSPS) is 16.4. The summed E-state index contributed by atoms with van der Waals surface area (Å²) in [5.74, 6) is 1.82. The largest absolute Gasteiger partial charge is 0.371 e. The number of benzene rings is 1. The molecule has 21 heavy (non-hydrogen) atoms. The molecule has 1 atom stereocenters. The zero-order valence-electron chi connectivity index (χ0n) is 11.7. The van der Waals surface area contributed by atoms with Crippen LogP contribution in [0.15, 0.2) is 28.9 Å². The van der Waals surface area contributed by atoms with Crippen molar-refractivity contribution in [3.8, 4) is 0 Å². The third kappa shape index (κ3) is 2.42. The van der Waals surface area contributed by atoms with Crippen LogP contribution in [-0.4, -0.2) is 27.4 Å². The minimum Gasteiger partial charge on any atom is -0.371 e. The van der Waals surface area contributed by atoms with E-state index in [1.165, 1.54) is 12.8 Å². The number of fused-ring (bicyclic) bond motifs is 1. The summed E-state index contributed by atoms with van der Waals surface area (Å²) in [6, 6.07) is 6.15. The van der Waals surface area contributed by atoms with Crippen LogP contribution in [0, 0.1) is 5.92 Å². The molecule has 1 aromatic carbocycles. The van der Waals surface area contributed by atoms with Crippen molar-refractivity contribution in [3.05, 3.63) is 41.7 Å². The lowest BCUT2D eigenvalue weighted by Crippen LogP contribution is -2.04. The number of H-pyrrole nitrogens is 1. The molecule has 0 spiro atoms. The summed E-state index contributed by atoms with van der Waals surface area (Å²) >= 11 is 0. The number of hydrogen-bond acceptors (Lipinski definition) is 5. The number of nitrogens with zero attached hydrogens (tertiary/aromatic N) is 3. The Morgan fingerprint density at radius 2 is 2.33 bits per heavy atom. The van der Waals surface area contributed by atoms with Crippen molar-refractivity contribution in [2.24, 2.45) is 5.92 Å². The van der Waals surface area contributed by atoms with E-state index >= 15 is 0 Å². The number of aromatic amines is 1. The van der Waals surface area contributed by atoms with Crippen LogP contribution >= 0.6 is 0 Å². The Balaban J connectivity index is 1.55.